The van der Waals surface area contributed by atoms with E-state index in [-0.39, 0.29) is 12.7 Å². The maximum atomic E-state index is 12.0. The Morgan fingerprint density at radius 3 is 2.54 bits per heavy atom. The predicted octanol–water partition coefficient (Wildman–Crippen LogP) is 7.31. The molecule has 7 atom stereocenters. The van der Waals surface area contributed by atoms with Crippen LogP contribution in [0.5, 0.6) is 0 Å². The molecule has 0 bridgehead atoms. The van der Waals surface area contributed by atoms with Crippen molar-refractivity contribution < 1.29 is 14.3 Å². The van der Waals surface area contributed by atoms with Crippen LogP contribution in [-0.2, 0) is 9.47 Å². The fraction of sp³-hybridized carbons (Fsp3) is 0.955. The monoisotopic (exact) mass is 450 g/mol. The smallest absolute Gasteiger partial charge is 0.431 e. The molecule has 0 spiro atoms. The minimum Gasteiger partial charge on any atom is -0.431 e. The molecule has 3 nitrogen and oxygen atoms in total. The molecular formula is C22H33Cl3O3. The molecule has 0 aromatic rings. The van der Waals surface area contributed by atoms with Crippen LogP contribution >= 0.6 is 34.8 Å². The maximum Gasteiger partial charge on any atom is 0.508 e. The first-order valence-corrected chi connectivity index (χ1v) is 12.1. The molecule has 6 heteroatoms. The molecule has 0 aromatic carbocycles. The molecule has 0 radical (unpaired) electrons. The first-order chi connectivity index (χ1) is 13.1. The molecule has 4 aliphatic rings. The van der Waals surface area contributed by atoms with Gasteiger partial charge in [0.2, 0.25) is 3.79 Å². The molecule has 4 fully saturated rings. The number of hydrogen-bond acceptors (Lipinski definition) is 3. The molecule has 0 N–H and O–H groups in total. The Morgan fingerprint density at radius 1 is 1.00 bits per heavy atom. The number of fused-ring (bicyclic) bond motifs is 5. The van der Waals surface area contributed by atoms with E-state index < -0.39 is 9.95 Å². The summed E-state index contributed by atoms with van der Waals surface area (Å²) in [4.78, 5) is 12.0. The Labute approximate surface area is 184 Å². The first-order valence-electron chi connectivity index (χ1n) is 11.0. The molecule has 28 heavy (non-hydrogen) atoms. The summed E-state index contributed by atoms with van der Waals surface area (Å²) in [6, 6.07) is 0. The van der Waals surface area contributed by atoms with Gasteiger partial charge >= 0.3 is 6.16 Å². The molecule has 0 heterocycles. The van der Waals surface area contributed by atoms with Crippen molar-refractivity contribution in [1.82, 2.24) is 0 Å². The maximum absolute atomic E-state index is 12.0. The van der Waals surface area contributed by atoms with E-state index in [1.165, 1.54) is 44.9 Å². The van der Waals surface area contributed by atoms with Gasteiger partial charge in [-0.15, -0.1) is 0 Å². The SMILES string of the molecule is CC12CCCC1C1CC[C@H]3CC(OC(=O)OCC(Cl)(Cl)Cl)CCC3(C)C1CC2. The molecule has 6 unspecified atom stereocenters. The second-order valence-corrected chi connectivity index (χ2v) is 12.9. The number of hydrogen-bond donors (Lipinski definition) is 0. The lowest BCUT2D eigenvalue weighted by molar-refractivity contribution is -0.124. The number of carbonyl (C=O) groups is 1. The van der Waals surface area contributed by atoms with Gasteiger partial charge in [-0.3, -0.25) is 0 Å². The standard InChI is InChI=1S/C22H33Cl3O3/c1-20-9-3-4-17(20)16-6-5-14-12-15(28-19(26)27-13-22(23,24)25)7-11-21(14,2)18(16)8-10-20/h14-18H,3-13H2,1-2H3/t14-,15?,16?,17?,18?,20?,21?/m0/s1. The van der Waals surface area contributed by atoms with Gasteiger partial charge in [-0.25, -0.2) is 4.79 Å². The average Bonchev–Trinajstić information content (AvgIpc) is 3.01. The van der Waals surface area contributed by atoms with Crippen molar-refractivity contribution >= 4 is 41.0 Å². The minimum absolute atomic E-state index is 0.0714. The lowest BCUT2D eigenvalue weighted by Crippen LogP contribution is -2.53. The van der Waals surface area contributed by atoms with Crippen molar-refractivity contribution in [1.29, 1.82) is 0 Å². The topological polar surface area (TPSA) is 35.5 Å². The number of rotatable bonds is 2. The van der Waals surface area contributed by atoms with Gasteiger partial charge in [0, 0.05) is 0 Å². The van der Waals surface area contributed by atoms with Crippen molar-refractivity contribution in [2.45, 2.75) is 88.0 Å². The third-order valence-electron chi connectivity index (χ3n) is 9.02. The van der Waals surface area contributed by atoms with Crippen LogP contribution in [0.2, 0.25) is 0 Å². The summed E-state index contributed by atoms with van der Waals surface area (Å²) < 4.78 is 8.92. The van der Waals surface area contributed by atoms with Crippen LogP contribution in [0.15, 0.2) is 0 Å². The van der Waals surface area contributed by atoms with Crippen molar-refractivity contribution in [2.75, 3.05) is 6.61 Å². The Balaban J connectivity index is 1.37. The first kappa shape index (κ1) is 21.4. The Bertz CT molecular complexity index is 606. The van der Waals surface area contributed by atoms with Crippen molar-refractivity contribution in [2.24, 2.45) is 34.5 Å². The van der Waals surface area contributed by atoms with Gasteiger partial charge in [-0.2, -0.15) is 0 Å². The molecule has 0 aliphatic heterocycles. The zero-order valence-electron chi connectivity index (χ0n) is 17.0. The number of halogens is 3. The van der Waals surface area contributed by atoms with Crippen LogP contribution in [0, 0.1) is 34.5 Å². The highest BCUT2D eigenvalue weighted by atomic mass is 35.6. The normalized spacial score (nSPS) is 45.5. The number of carbonyl (C=O) groups excluding carboxylic acids is 1. The number of ether oxygens (including phenoxy) is 2. The van der Waals surface area contributed by atoms with E-state index in [1.807, 2.05) is 0 Å². The Kier molecular flexibility index (Phi) is 5.86. The highest BCUT2D eigenvalue weighted by Crippen LogP contribution is 2.66. The molecule has 4 saturated carbocycles. The molecule has 4 aliphatic carbocycles. The summed E-state index contributed by atoms with van der Waals surface area (Å²) in [5.74, 6) is 3.34. The van der Waals surface area contributed by atoms with Gasteiger partial charge in [0.15, 0.2) is 0 Å². The molecule has 0 saturated heterocycles. The van der Waals surface area contributed by atoms with Gasteiger partial charge in [0.25, 0.3) is 0 Å². The molecule has 160 valence electrons. The highest BCUT2D eigenvalue weighted by molar-refractivity contribution is 6.67. The van der Waals surface area contributed by atoms with Crippen molar-refractivity contribution in [3.8, 4) is 0 Å². The van der Waals surface area contributed by atoms with Gasteiger partial charge in [-0.1, -0.05) is 55.1 Å². The van der Waals surface area contributed by atoms with Crippen LogP contribution in [-0.4, -0.2) is 22.7 Å². The Morgan fingerprint density at radius 2 is 1.79 bits per heavy atom. The van der Waals surface area contributed by atoms with Gasteiger partial charge in [0.05, 0.1) is 0 Å². The quantitative estimate of drug-likeness (QED) is 0.326. The fourth-order valence-electron chi connectivity index (χ4n) is 7.63. The zero-order chi connectivity index (χ0) is 20.2. The second kappa shape index (κ2) is 7.68. The largest absolute Gasteiger partial charge is 0.508 e. The lowest BCUT2D eigenvalue weighted by atomic mass is 9.45. The van der Waals surface area contributed by atoms with Crippen LogP contribution in [0.25, 0.3) is 0 Å². The van der Waals surface area contributed by atoms with Gasteiger partial charge in [0.1, 0.15) is 12.7 Å². The molecule has 0 aromatic heterocycles. The van der Waals surface area contributed by atoms with E-state index in [2.05, 4.69) is 13.8 Å². The number of alkyl halides is 3. The van der Waals surface area contributed by atoms with Crippen molar-refractivity contribution in [3.05, 3.63) is 0 Å². The Hall–Kier alpha value is 0.140. The van der Waals surface area contributed by atoms with E-state index in [1.54, 1.807) is 0 Å². The van der Waals surface area contributed by atoms with E-state index in [9.17, 15) is 4.79 Å². The predicted molar refractivity (Wildman–Crippen MR) is 113 cm³/mol. The van der Waals surface area contributed by atoms with Crippen molar-refractivity contribution in [3.63, 3.8) is 0 Å². The van der Waals surface area contributed by atoms with E-state index >= 15 is 0 Å². The average molecular weight is 452 g/mol. The third-order valence-corrected chi connectivity index (χ3v) is 9.34. The van der Waals surface area contributed by atoms with E-state index in [0.29, 0.717) is 16.7 Å². The summed E-state index contributed by atoms with van der Waals surface area (Å²) in [6.07, 6.45) is 12.0. The summed E-state index contributed by atoms with van der Waals surface area (Å²) in [6.45, 7) is 4.81. The molecule has 4 rings (SSSR count). The van der Waals surface area contributed by atoms with Crippen LogP contribution in [0.3, 0.4) is 0 Å². The summed E-state index contributed by atoms with van der Waals surface area (Å²) in [5.41, 5.74) is 1.01. The lowest BCUT2D eigenvalue weighted by Gasteiger charge is -2.60. The zero-order valence-corrected chi connectivity index (χ0v) is 19.3. The fourth-order valence-corrected chi connectivity index (χ4v) is 7.79. The highest BCUT2D eigenvalue weighted by Gasteiger charge is 2.58. The minimum atomic E-state index is -1.60. The molecular weight excluding hydrogens is 419 g/mol. The summed E-state index contributed by atoms with van der Waals surface area (Å²) in [7, 11) is 0. The van der Waals surface area contributed by atoms with Gasteiger partial charge < -0.3 is 9.47 Å². The summed E-state index contributed by atoms with van der Waals surface area (Å²) >= 11 is 16.9. The summed E-state index contributed by atoms with van der Waals surface area (Å²) in [5, 5.41) is 0. The van der Waals surface area contributed by atoms with Gasteiger partial charge in [-0.05, 0) is 92.3 Å². The van der Waals surface area contributed by atoms with E-state index in [4.69, 9.17) is 44.3 Å². The van der Waals surface area contributed by atoms with Crippen LogP contribution < -0.4 is 0 Å². The molecule has 0 amide bonds. The third kappa shape index (κ3) is 4.02. The van der Waals surface area contributed by atoms with Crippen LogP contribution in [0.1, 0.15) is 78.1 Å². The van der Waals surface area contributed by atoms with E-state index in [0.717, 1.165) is 37.0 Å². The van der Waals surface area contributed by atoms with Crippen LogP contribution in [0.4, 0.5) is 4.79 Å². The second-order valence-electron chi connectivity index (χ2n) is 10.4.